The van der Waals surface area contributed by atoms with Crippen molar-refractivity contribution in [3.63, 3.8) is 0 Å². The molecule has 0 saturated heterocycles. The molecule has 0 atom stereocenters. The highest BCUT2D eigenvalue weighted by Crippen LogP contribution is 2.24. The first-order valence-electron chi connectivity index (χ1n) is 7.41. The van der Waals surface area contributed by atoms with E-state index in [1.54, 1.807) is 7.11 Å². The summed E-state index contributed by atoms with van der Waals surface area (Å²) in [6.07, 6.45) is 1.84. The van der Waals surface area contributed by atoms with Crippen LogP contribution in [0.5, 0.6) is 5.75 Å². The van der Waals surface area contributed by atoms with Crippen LogP contribution in [-0.2, 0) is 25.3 Å². The molecule has 21 heavy (non-hydrogen) atoms. The molecule has 1 aromatic heterocycles. The standard InChI is InChI=1S/C17H23ClN2O/c1-5-15-14(10-18)16(6-2)20(19-15)11-13-9-12(3)7-8-17(13)21-4/h7-9H,5-6,10-11H2,1-4H3. The van der Waals surface area contributed by atoms with Gasteiger partial charge in [-0.1, -0.05) is 31.5 Å². The Morgan fingerprint density at radius 3 is 2.57 bits per heavy atom. The number of aryl methyl sites for hydroxylation is 2. The maximum absolute atomic E-state index is 6.12. The van der Waals surface area contributed by atoms with Gasteiger partial charge in [0.1, 0.15) is 5.75 Å². The van der Waals surface area contributed by atoms with E-state index in [4.69, 9.17) is 21.4 Å². The molecule has 0 radical (unpaired) electrons. The average molecular weight is 307 g/mol. The molecule has 0 N–H and O–H groups in total. The van der Waals surface area contributed by atoms with Gasteiger partial charge >= 0.3 is 0 Å². The summed E-state index contributed by atoms with van der Waals surface area (Å²) in [6.45, 7) is 7.08. The summed E-state index contributed by atoms with van der Waals surface area (Å²) in [5.74, 6) is 1.43. The topological polar surface area (TPSA) is 27.1 Å². The molecule has 2 rings (SSSR count). The van der Waals surface area contributed by atoms with Crippen LogP contribution in [0, 0.1) is 6.92 Å². The Morgan fingerprint density at radius 2 is 2.00 bits per heavy atom. The van der Waals surface area contributed by atoms with Crippen molar-refractivity contribution in [2.75, 3.05) is 7.11 Å². The molecule has 0 aliphatic carbocycles. The van der Waals surface area contributed by atoms with E-state index in [-0.39, 0.29) is 0 Å². The van der Waals surface area contributed by atoms with Gasteiger partial charge in [0.15, 0.2) is 0 Å². The lowest BCUT2D eigenvalue weighted by Gasteiger charge is -2.12. The minimum atomic E-state index is 0.525. The van der Waals surface area contributed by atoms with E-state index in [1.165, 1.54) is 16.8 Å². The number of rotatable bonds is 6. The van der Waals surface area contributed by atoms with E-state index in [9.17, 15) is 0 Å². The summed E-state index contributed by atoms with van der Waals surface area (Å²) in [5.41, 5.74) is 5.90. The quantitative estimate of drug-likeness (QED) is 0.751. The maximum Gasteiger partial charge on any atom is 0.123 e. The lowest BCUT2D eigenvalue weighted by molar-refractivity contribution is 0.406. The van der Waals surface area contributed by atoms with E-state index in [0.29, 0.717) is 5.88 Å². The Bertz CT molecular complexity index is 619. The molecule has 2 aromatic rings. The Morgan fingerprint density at radius 1 is 1.24 bits per heavy atom. The fraction of sp³-hybridized carbons (Fsp3) is 0.471. The Labute approximate surface area is 131 Å². The van der Waals surface area contributed by atoms with Gasteiger partial charge in [0.25, 0.3) is 0 Å². The predicted octanol–water partition coefficient (Wildman–Crippen LogP) is 4.11. The van der Waals surface area contributed by atoms with Crippen LogP contribution in [-0.4, -0.2) is 16.9 Å². The van der Waals surface area contributed by atoms with Crippen LogP contribution in [0.4, 0.5) is 0 Å². The molecule has 1 aromatic carbocycles. The highest BCUT2D eigenvalue weighted by molar-refractivity contribution is 6.17. The molecule has 0 aliphatic rings. The summed E-state index contributed by atoms with van der Waals surface area (Å²) in [6, 6.07) is 6.24. The van der Waals surface area contributed by atoms with Crippen molar-refractivity contribution in [2.45, 2.75) is 46.0 Å². The lowest BCUT2D eigenvalue weighted by Crippen LogP contribution is -2.08. The minimum Gasteiger partial charge on any atom is -0.496 e. The molecule has 4 heteroatoms. The predicted molar refractivity (Wildman–Crippen MR) is 87.4 cm³/mol. The van der Waals surface area contributed by atoms with Crippen LogP contribution < -0.4 is 4.74 Å². The normalized spacial score (nSPS) is 10.9. The van der Waals surface area contributed by atoms with Crippen LogP contribution >= 0.6 is 11.6 Å². The van der Waals surface area contributed by atoms with E-state index in [1.807, 2.05) is 6.07 Å². The van der Waals surface area contributed by atoms with Gasteiger partial charge in [-0.05, 0) is 25.8 Å². The number of aromatic nitrogens is 2. The molecule has 1 heterocycles. The van der Waals surface area contributed by atoms with Gasteiger partial charge < -0.3 is 4.74 Å². The van der Waals surface area contributed by atoms with Gasteiger partial charge in [0.05, 0.1) is 25.2 Å². The SMILES string of the molecule is CCc1nn(Cc2cc(C)ccc2OC)c(CC)c1CCl. The van der Waals surface area contributed by atoms with Crippen molar-refractivity contribution < 1.29 is 4.74 Å². The third kappa shape index (κ3) is 3.24. The highest BCUT2D eigenvalue weighted by atomic mass is 35.5. The third-order valence-electron chi connectivity index (χ3n) is 3.81. The van der Waals surface area contributed by atoms with Gasteiger partial charge in [-0.2, -0.15) is 5.10 Å². The number of alkyl halides is 1. The molecule has 0 aliphatic heterocycles. The van der Waals surface area contributed by atoms with Crippen molar-refractivity contribution in [2.24, 2.45) is 0 Å². The van der Waals surface area contributed by atoms with E-state index in [0.717, 1.165) is 36.4 Å². The summed E-state index contributed by atoms with van der Waals surface area (Å²) in [4.78, 5) is 0. The Kier molecular flexibility index (Phi) is 5.29. The molecule has 0 unspecified atom stereocenters. The minimum absolute atomic E-state index is 0.525. The Balaban J connectivity index is 2.44. The molecule has 0 amide bonds. The van der Waals surface area contributed by atoms with Crippen LogP contribution in [0.3, 0.4) is 0 Å². The summed E-state index contributed by atoms with van der Waals surface area (Å²) >= 11 is 6.12. The molecule has 114 valence electrons. The zero-order valence-corrected chi connectivity index (χ0v) is 14.0. The summed E-state index contributed by atoms with van der Waals surface area (Å²) in [7, 11) is 1.71. The van der Waals surface area contributed by atoms with Crippen molar-refractivity contribution in [3.05, 3.63) is 46.3 Å². The number of halogens is 1. The first kappa shape index (κ1) is 15.9. The second-order valence-corrected chi connectivity index (χ2v) is 5.45. The van der Waals surface area contributed by atoms with Crippen LogP contribution in [0.1, 0.15) is 41.9 Å². The lowest BCUT2D eigenvalue weighted by atomic mass is 10.1. The number of hydrogen-bond acceptors (Lipinski definition) is 2. The van der Waals surface area contributed by atoms with Gasteiger partial charge in [0, 0.05) is 16.8 Å². The number of methoxy groups -OCH3 is 1. The Hall–Kier alpha value is -1.48. The van der Waals surface area contributed by atoms with E-state index < -0.39 is 0 Å². The first-order chi connectivity index (χ1) is 10.1. The van der Waals surface area contributed by atoms with Crippen LogP contribution in [0.2, 0.25) is 0 Å². The number of ether oxygens (including phenoxy) is 1. The second-order valence-electron chi connectivity index (χ2n) is 5.19. The second kappa shape index (κ2) is 6.99. The summed E-state index contributed by atoms with van der Waals surface area (Å²) < 4.78 is 7.55. The molecule has 3 nitrogen and oxygen atoms in total. The fourth-order valence-corrected chi connectivity index (χ4v) is 3.05. The van der Waals surface area contributed by atoms with Gasteiger partial charge in [-0.15, -0.1) is 11.6 Å². The van der Waals surface area contributed by atoms with Crippen LogP contribution in [0.25, 0.3) is 0 Å². The fourth-order valence-electron chi connectivity index (χ4n) is 2.75. The first-order valence-corrected chi connectivity index (χ1v) is 7.94. The monoisotopic (exact) mass is 306 g/mol. The van der Waals surface area contributed by atoms with Crippen LogP contribution in [0.15, 0.2) is 18.2 Å². The van der Waals surface area contributed by atoms with Crippen molar-refractivity contribution in [1.29, 1.82) is 0 Å². The highest BCUT2D eigenvalue weighted by Gasteiger charge is 2.16. The third-order valence-corrected chi connectivity index (χ3v) is 4.08. The molecule has 0 bridgehead atoms. The zero-order chi connectivity index (χ0) is 15.4. The zero-order valence-electron chi connectivity index (χ0n) is 13.2. The van der Waals surface area contributed by atoms with Crippen molar-refractivity contribution in [1.82, 2.24) is 9.78 Å². The van der Waals surface area contributed by atoms with Gasteiger partial charge in [-0.25, -0.2) is 0 Å². The summed E-state index contributed by atoms with van der Waals surface area (Å²) in [5, 5.41) is 4.75. The smallest absolute Gasteiger partial charge is 0.123 e. The maximum atomic E-state index is 6.12. The molecule has 0 fully saturated rings. The average Bonchev–Trinajstić information content (AvgIpc) is 2.84. The van der Waals surface area contributed by atoms with E-state index >= 15 is 0 Å². The van der Waals surface area contributed by atoms with E-state index in [2.05, 4.69) is 37.6 Å². The molecule has 0 spiro atoms. The van der Waals surface area contributed by atoms with Crippen molar-refractivity contribution >= 4 is 11.6 Å². The van der Waals surface area contributed by atoms with Crippen molar-refractivity contribution in [3.8, 4) is 5.75 Å². The van der Waals surface area contributed by atoms with Gasteiger partial charge in [0.2, 0.25) is 0 Å². The molecular formula is C17H23ClN2O. The van der Waals surface area contributed by atoms with Gasteiger partial charge in [-0.3, -0.25) is 4.68 Å². The molecule has 0 saturated carbocycles. The number of hydrogen-bond donors (Lipinski definition) is 0. The number of benzene rings is 1. The molecular weight excluding hydrogens is 284 g/mol. The largest absolute Gasteiger partial charge is 0.496 e. The number of nitrogens with zero attached hydrogens (tertiary/aromatic N) is 2.